The number of amides is 1. The monoisotopic (exact) mass is 420 g/mol. The van der Waals surface area contributed by atoms with E-state index in [2.05, 4.69) is 15.9 Å². The van der Waals surface area contributed by atoms with Gasteiger partial charge in [0.25, 0.3) is 5.91 Å². The molecule has 0 spiro atoms. The maximum Gasteiger partial charge on any atom is 0.340 e. The van der Waals surface area contributed by atoms with Crippen molar-refractivity contribution in [1.29, 1.82) is 0 Å². The zero-order valence-electron chi connectivity index (χ0n) is 12.9. The molecule has 8 nitrogen and oxygen atoms in total. The van der Waals surface area contributed by atoms with Gasteiger partial charge in [0.05, 0.1) is 23.7 Å². The molecule has 0 aromatic heterocycles. The average molecular weight is 421 g/mol. The number of esters is 1. The quantitative estimate of drug-likeness (QED) is 0.708. The predicted octanol–water partition coefficient (Wildman–Crippen LogP) is 0.501. The van der Waals surface area contributed by atoms with Crippen LogP contribution in [0.5, 0.6) is 0 Å². The molecule has 1 fully saturated rings. The molecule has 24 heavy (non-hydrogen) atoms. The van der Waals surface area contributed by atoms with Crippen LogP contribution in [0, 0.1) is 0 Å². The van der Waals surface area contributed by atoms with Gasteiger partial charge in [-0.1, -0.05) is 0 Å². The van der Waals surface area contributed by atoms with Gasteiger partial charge < -0.3 is 14.4 Å². The van der Waals surface area contributed by atoms with E-state index in [-0.39, 0.29) is 16.4 Å². The van der Waals surface area contributed by atoms with Gasteiger partial charge in [0.2, 0.25) is 10.0 Å². The number of halogens is 1. The van der Waals surface area contributed by atoms with Gasteiger partial charge >= 0.3 is 5.97 Å². The Bertz CT molecular complexity index is 746. The number of hydrogen-bond donors (Lipinski definition) is 1. The first-order chi connectivity index (χ1) is 11.2. The molecule has 1 saturated heterocycles. The van der Waals surface area contributed by atoms with E-state index in [4.69, 9.17) is 14.6 Å². The van der Waals surface area contributed by atoms with Gasteiger partial charge in [-0.15, -0.1) is 0 Å². The number of hydrogen-bond acceptors (Lipinski definition) is 6. The van der Waals surface area contributed by atoms with E-state index < -0.39 is 22.1 Å². The normalized spacial score (nSPS) is 16.5. The highest BCUT2D eigenvalue weighted by Gasteiger charge is 2.26. The highest BCUT2D eigenvalue weighted by atomic mass is 79.9. The Hall–Kier alpha value is -1.49. The smallest absolute Gasteiger partial charge is 0.340 e. The number of primary sulfonamides is 1. The van der Waals surface area contributed by atoms with Crippen molar-refractivity contribution in [2.75, 3.05) is 26.3 Å². The lowest BCUT2D eigenvalue weighted by Gasteiger charge is -2.29. The fraction of sp³-hybridized carbons (Fsp3) is 0.429. The third-order valence-electron chi connectivity index (χ3n) is 3.44. The van der Waals surface area contributed by atoms with Crippen molar-refractivity contribution in [1.82, 2.24) is 4.90 Å². The number of ether oxygens (including phenoxy) is 2. The van der Waals surface area contributed by atoms with E-state index in [1.807, 2.05) is 0 Å². The Morgan fingerprint density at radius 1 is 1.33 bits per heavy atom. The van der Waals surface area contributed by atoms with Crippen molar-refractivity contribution in [3.8, 4) is 0 Å². The van der Waals surface area contributed by atoms with Crippen molar-refractivity contribution in [3.63, 3.8) is 0 Å². The maximum atomic E-state index is 12.3. The fourth-order valence-electron chi connectivity index (χ4n) is 2.15. The standard InChI is InChI=1S/C14H17BrN2O6S/c1-9(13(18)17-4-6-22-7-5-17)23-14(19)11-8-10(24(16,20)21)2-3-12(11)15/h2-3,8-9H,4-7H2,1H3,(H2,16,20,21). The molecule has 0 radical (unpaired) electrons. The molecule has 2 N–H and O–H groups in total. The van der Waals surface area contributed by atoms with Crippen LogP contribution in [-0.2, 0) is 24.3 Å². The molecule has 10 heteroatoms. The fourth-order valence-corrected chi connectivity index (χ4v) is 3.10. The second kappa shape index (κ2) is 7.60. The minimum atomic E-state index is -3.96. The van der Waals surface area contributed by atoms with Gasteiger partial charge in [0.1, 0.15) is 0 Å². The number of carbonyl (C=O) groups excluding carboxylic acids is 2. The van der Waals surface area contributed by atoms with E-state index in [1.165, 1.54) is 19.1 Å². The Kier molecular flexibility index (Phi) is 5.97. The van der Waals surface area contributed by atoms with Crippen LogP contribution in [0.15, 0.2) is 27.6 Å². The van der Waals surface area contributed by atoms with Crippen molar-refractivity contribution < 1.29 is 27.5 Å². The van der Waals surface area contributed by atoms with Gasteiger partial charge in [-0.3, -0.25) is 4.79 Å². The van der Waals surface area contributed by atoms with Gasteiger partial charge in [0.15, 0.2) is 6.10 Å². The van der Waals surface area contributed by atoms with E-state index >= 15 is 0 Å². The van der Waals surface area contributed by atoms with Crippen LogP contribution in [-0.4, -0.2) is 57.6 Å². The zero-order valence-corrected chi connectivity index (χ0v) is 15.3. The van der Waals surface area contributed by atoms with Crippen molar-refractivity contribution in [3.05, 3.63) is 28.2 Å². The minimum absolute atomic E-state index is 0.0249. The highest BCUT2D eigenvalue weighted by molar-refractivity contribution is 9.10. The SMILES string of the molecule is CC(OC(=O)c1cc(S(N)(=O)=O)ccc1Br)C(=O)N1CCOCC1. The molecular weight excluding hydrogens is 404 g/mol. The molecule has 0 aliphatic carbocycles. The lowest BCUT2D eigenvalue weighted by Crippen LogP contribution is -2.46. The molecule has 1 heterocycles. The van der Waals surface area contributed by atoms with Crippen LogP contribution < -0.4 is 5.14 Å². The summed E-state index contributed by atoms with van der Waals surface area (Å²) in [5, 5.41) is 5.06. The van der Waals surface area contributed by atoms with Crippen LogP contribution in [0.1, 0.15) is 17.3 Å². The Labute approximate surface area is 148 Å². The van der Waals surface area contributed by atoms with Crippen molar-refractivity contribution in [2.24, 2.45) is 5.14 Å². The molecule has 1 atom stereocenters. The van der Waals surface area contributed by atoms with E-state index in [0.29, 0.717) is 30.8 Å². The number of sulfonamides is 1. The second-order valence-corrected chi connectivity index (χ2v) is 7.59. The Morgan fingerprint density at radius 3 is 2.54 bits per heavy atom. The third kappa shape index (κ3) is 4.53. The molecule has 1 aliphatic heterocycles. The third-order valence-corrected chi connectivity index (χ3v) is 5.04. The first-order valence-electron chi connectivity index (χ1n) is 7.10. The molecule has 2 rings (SSSR count). The average Bonchev–Trinajstić information content (AvgIpc) is 2.54. The molecule has 1 aliphatic rings. The lowest BCUT2D eigenvalue weighted by molar-refractivity contribution is -0.143. The maximum absolute atomic E-state index is 12.3. The van der Waals surface area contributed by atoms with Crippen LogP contribution >= 0.6 is 15.9 Å². The number of nitrogens with two attached hydrogens (primary N) is 1. The first-order valence-corrected chi connectivity index (χ1v) is 9.44. The number of morpholine rings is 1. The summed E-state index contributed by atoms with van der Waals surface area (Å²) in [6, 6.07) is 3.75. The van der Waals surface area contributed by atoms with Crippen molar-refractivity contribution >= 4 is 37.8 Å². The van der Waals surface area contributed by atoms with Crippen LogP contribution in [0.2, 0.25) is 0 Å². The topological polar surface area (TPSA) is 116 Å². The summed E-state index contributed by atoms with van der Waals surface area (Å²) >= 11 is 3.15. The summed E-state index contributed by atoms with van der Waals surface area (Å²) in [7, 11) is -3.96. The second-order valence-electron chi connectivity index (χ2n) is 5.17. The van der Waals surface area contributed by atoms with Crippen LogP contribution in [0.3, 0.4) is 0 Å². The van der Waals surface area contributed by atoms with Crippen molar-refractivity contribution in [2.45, 2.75) is 17.9 Å². The minimum Gasteiger partial charge on any atom is -0.449 e. The summed E-state index contributed by atoms with van der Waals surface area (Å²) in [5.74, 6) is -1.15. The summed E-state index contributed by atoms with van der Waals surface area (Å²) in [6.07, 6.45) is -0.999. The number of rotatable bonds is 4. The molecule has 0 bridgehead atoms. The van der Waals surface area contributed by atoms with Gasteiger partial charge in [-0.25, -0.2) is 18.4 Å². The first kappa shape index (κ1) is 18.8. The summed E-state index contributed by atoms with van der Waals surface area (Å²) in [5.41, 5.74) is -0.0249. The zero-order chi connectivity index (χ0) is 17.9. The summed E-state index contributed by atoms with van der Waals surface area (Å²) in [4.78, 5) is 25.8. The van der Waals surface area contributed by atoms with Crippen LogP contribution in [0.25, 0.3) is 0 Å². The molecule has 1 aromatic carbocycles. The van der Waals surface area contributed by atoms with E-state index in [0.717, 1.165) is 6.07 Å². The lowest BCUT2D eigenvalue weighted by atomic mass is 10.2. The molecule has 1 amide bonds. The van der Waals surface area contributed by atoms with Gasteiger partial charge in [-0.2, -0.15) is 0 Å². The van der Waals surface area contributed by atoms with Gasteiger partial charge in [-0.05, 0) is 41.1 Å². The van der Waals surface area contributed by atoms with E-state index in [1.54, 1.807) is 4.90 Å². The molecule has 1 aromatic rings. The Morgan fingerprint density at radius 2 is 1.96 bits per heavy atom. The summed E-state index contributed by atoms with van der Waals surface area (Å²) in [6.45, 7) is 3.21. The number of carbonyl (C=O) groups is 2. The highest BCUT2D eigenvalue weighted by Crippen LogP contribution is 2.22. The summed E-state index contributed by atoms with van der Waals surface area (Å²) < 4.78 is 33.5. The number of benzene rings is 1. The molecule has 1 unspecified atom stereocenters. The largest absolute Gasteiger partial charge is 0.449 e. The van der Waals surface area contributed by atoms with E-state index in [9.17, 15) is 18.0 Å². The molecule has 132 valence electrons. The Balaban J connectivity index is 2.12. The molecular formula is C14H17BrN2O6S. The van der Waals surface area contributed by atoms with Gasteiger partial charge in [0, 0.05) is 17.6 Å². The predicted molar refractivity (Wildman–Crippen MR) is 87.8 cm³/mol. The molecule has 0 saturated carbocycles. The number of nitrogens with zero attached hydrogens (tertiary/aromatic N) is 1. The van der Waals surface area contributed by atoms with Crippen LogP contribution in [0.4, 0.5) is 0 Å².